The van der Waals surface area contributed by atoms with Crippen LogP contribution in [-0.2, 0) is 9.84 Å². The molecule has 3 nitrogen and oxygen atoms in total. The number of carbonyl (C=O) groups is 1. The van der Waals surface area contributed by atoms with Crippen LogP contribution in [-0.4, -0.2) is 25.7 Å². The fourth-order valence-corrected chi connectivity index (χ4v) is 4.61. The number of ketones is 1. The average Bonchev–Trinajstić information content (AvgIpc) is 2.77. The van der Waals surface area contributed by atoms with Gasteiger partial charge in [-0.2, -0.15) is 0 Å². The van der Waals surface area contributed by atoms with E-state index in [2.05, 4.69) is 33.8 Å². The van der Waals surface area contributed by atoms with Gasteiger partial charge >= 0.3 is 0 Å². The third-order valence-corrected chi connectivity index (χ3v) is 6.00. The number of Topliss-reactive ketones (excluding diaryl/α,β-unsaturated/α-hetero) is 1. The second-order valence-corrected chi connectivity index (χ2v) is 8.85. The van der Waals surface area contributed by atoms with Crippen LogP contribution in [0, 0.1) is 5.92 Å². The number of hydrogen-bond acceptors (Lipinski definition) is 3. The Kier molecular flexibility index (Phi) is 4.57. The fraction of sp³-hybridized carbons (Fsp3) is 0.588. The molecule has 0 bridgehead atoms. The molecule has 1 aliphatic rings. The van der Waals surface area contributed by atoms with E-state index in [0.29, 0.717) is 17.9 Å². The van der Waals surface area contributed by atoms with Crippen LogP contribution in [0.5, 0.6) is 0 Å². The summed E-state index contributed by atoms with van der Waals surface area (Å²) >= 11 is 0. The molecule has 0 spiro atoms. The van der Waals surface area contributed by atoms with Gasteiger partial charge in [-0.25, -0.2) is 8.42 Å². The molecule has 4 heteroatoms. The summed E-state index contributed by atoms with van der Waals surface area (Å²) in [6.45, 7) is 8.40. The van der Waals surface area contributed by atoms with E-state index in [-0.39, 0.29) is 29.1 Å². The first-order valence-corrected chi connectivity index (χ1v) is 9.42. The Bertz CT molecular complexity index is 642. The summed E-state index contributed by atoms with van der Waals surface area (Å²) in [5.74, 6) is 0.450. The first-order valence-electron chi connectivity index (χ1n) is 7.59. The zero-order chi connectivity index (χ0) is 15.8. The summed E-state index contributed by atoms with van der Waals surface area (Å²) in [5, 5.41) is 0. The molecule has 1 saturated heterocycles. The van der Waals surface area contributed by atoms with Crippen LogP contribution in [0.1, 0.15) is 67.4 Å². The number of benzene rings is 1. The summed E-state index contributed by atoms with van der Waals surface area (Å²) in [6, 6.07) is 5.98. The van der Waals surface area contributed by atoms with Crippen molar-refractivity contribution in [2.75, 3.05) is 11.5 Å². The molecule has 1 unspecified atom stereocenters. The van der Waals surface area contributed by atoms with Gasteiger partial charge in [-0.1, -0.05) is 45.9 Å². The van der Waals surface area contributed by atoms with E-state index < -0.39 is 9.84 Å². The predicted octanol–water partition coefficient (Wildman–Crippen LogP) is 3.55. The molecule has 2 rings (SSSR count). The molecule has 0 aliphatic carbocycles. The smallest absolute Gasteiger partial charge is 0.167 e. The second-order valence-electron chi connectivity index (χ2n) is 6.62. The van der Waals surface area contributed by atoms with Crippen molar-refractivity contribution in [3.05, 3.63) is 34.9 Å². The molecule has 0 aromatic heterocycles. The van der Waals surface area contributed by atoms with Gasteiger partial charge in [0.05, 0.1) is 11.5 Å². The monoisotopic (exact) mass is 308 g/mol. The van der Waals surface area contributed by atoms with E-state index in [1.54, 1.807) is 0 Å². The highest BCUT2D eigenvalue weighted by Crippen LogP contribution is 2.29. The van der Waals surface area contributed by atoms with Crippen molar-refractivity contribution in [1.29, 1.82) is 0 Å². The molecular weight excluding hydrogens is 284 g/mol. The lowest BCUT2D eigenvalue weighted by Crippen LogP contribution is -2.18. The third-order valence-electron chi connectivity index (χ3n) is 4.23. The summed E-state index contributed by atoms with van der Waals surface area (Å²) in [7, 11) is -3.02. The Hall–Kier alpha value is -1.16. The number of sulfone groups is 1. The Balaban J connectivity index is 2.37. The van der Waals surface area contributed by atoms with Crippen LogP contribution in [0.25, 0.3) is 0 Å². The van der Waals surface area contributed by atoms with E-state index in [4.69, 9.17) is 0 Å². The van der Waals surface area contributed by atoms with Crippen LogP contribution < -0.4 is 0 Å². The lowest BCUT2D eigenvalue weighted by molar-refractivity contribution is 0.0932. The molecule has 0 N–H and O–H groups in total. The van der Waals surface area contributed by atoms with Gasteiger partial charge < -0.3 is 0 Å². The Labute approximate surface area is 127 Å². The van der Waals surface area contributed by atoms with Crippen LogP contribution in [0.15, 0.2) is 18.2 Å². The highest BCUT2D eigenvalue weighted by molar-refractivity contribution is 7.91. The largest absolute Gasteiger partial charge is 0.294 e. The minimum absolute atomic E-state index is 0.00455. The van der Waals surface area contributed by atoms with E-state index in [0.717, 1.165) is 5.56 Å². The molecule has 1 fully saturated rings. The second kappa shape index (κ2) is 5.91. The van der Waals surface area contributed by atoms with Crippen molar-refractivity contribution in [3.63, 3.8) is 0 Å². The predicted molar refractivity (Wildman–Crippen MR) is 85.7 cm³/mol. The van der Waals surface area contributed by atoms with Gasteiger partial charge in [-0.05, 0) is 29.4 Å². The van der Waals surface area contributed by atoms with Gasteiger partial charge in [0.1, 0.15) is 0 Å². The molecule has 1 atom stereocenters. The van der Waals surface area contributed by atoms with Crippen molar-refractivity contribution < 1.29 is 13.2 Å². The SMILES string of the molecule is CC(C)c1ccc(C(=O)C2CCS(=O)(=O)C2)c(C(C)C)c1. The van der Waals surface area contributed by atoms with Gasteiger partial charge in [0, 0.05) is 11.5 Å². The zero-order valence-corrected chi connectivity index (χ0v) is 14.0. The topological polar surface area (TPSA) is 51.2 Å². The van der Waals surface area contributed by atoms with Crippen molar-refractivity contribution in [2.45, 2.75) is 46.0 Å². The van der Waals surface area contributed by atoms with Gasteiger partial charge in [-0.3, -0.25) is 4.79 Å². The molecular formula is C17H24O3S. The molecule has 0 radical (unpaired) electrons. The highest BCUT2D eigenvalue weighted by Gasteiger charge is 2.34. The van der Waals surface area contributed by atoms with Crippen molar-refractivity contribution in [3.8, 4) is 0 Å². The lowest BCUT2D eigenvalue weighted by Gasteiger charge is -2.17. The summed E-state index contributed by atoms with van der Waals surface area (Å²) in [4.78, 5) is 12.7. The maximum Gasteiger partial charge on any atom is 0.167 e. The number of rotatable bonds is 4. The summed E-state index contributed by atoms with van der Waals surface area (Å²) in [5.41, 5.74) is 2.96. The highest BCUT2D eigenvalue weighted by atomic mass is 32.2. The zero-order valence-electron chi connectivity index (χ0n) is 13.2. The molecule has 1 heterocycles. The molecule has 1 aliphatic heterocycles. The Morgan fingerprint density at radius 2 is 1.81 bits per heavy atom. The van der Waals surface area contributed by atoms with Crippen LogP contribution in [0.4, 0.5) is 0 Å². The van der Waals surface area contributed by atoms with Crippen LogP contribution >= 0.6 is 0 Å². The van der Waals surface area contributed by atoms with Crippen LogP contribution in [0.3, 0.4) is 0 Å². The van der Waals surface area contributed by atoms with E-state index in [9.17, 15) is 13.2 Å². The van der Waals surface area contributed by atoms with Crippen molar-refractivity contribution in [2.24, 2.45) is 5.92 Å². The minimum Gasteiger partial charge on any atom is -0.294 e. The van der Waals surface area contributed by atoms with E-state index in [1.165, 1.54) is 5.56 Å². The standard InChI is InChI=1S/C17H24O3S/c1-11(2)13-5-6-15(16(9-13)12(3)4)17(18)14-7-8-21(19,20)10-14/h5-6,9,11-12,14H,7-8,10H2,1-4H3. The maximum absolute atomic E-state index is 12.7. The Morgan fingerprint density at radius 3 is 2.29 bits per heavy atom. The molecule has 0 saturated carbocycles. The number of hydrogen-bond donors (Lipinski definition) is 0. The van der Waals surface area contributed by atoms with E-state index in [1.807, 2.05) is 12.1 Å². The fourth-order valence-electron chi connectivity index (χ4n) is 2.86. The van der Waals surface area contributed by atoms with Gasteiger partial charge in [-0.15, -0.1) is 0 Å². The third kappa shape index (κ3) is 3.54. The molecule has 116 valence electrons. The minimum atomic E-state index is -3.02. The van der Waals surface area contributed by atoms with Crippen molar-refractivity contribution >= 4 is 15.6 Å². The van der Waals surface area contributed by atoms with Crippen LogP contribution in [0.2, 0.25) is 0 Å². The lowest BCUT2D eigenvalue weighted by atomic mass is 9.86. The summed E-state index contributed by atoms with van der Waals surface area (Å²) in [6.07, 6.45) is 0.463. The first kappa shape index (κ1) is 16.2. The van der Waals surface area contributed by atoms with Gasteiger partial charge in [0.25, 0.3) is 0 Å². The quantitative estimate of drug-likeness (QED) is 0.799. The van der Waals surface area contributed by atoms with Gasteiger partial charge in [0.2, 0.25) is 0 Å². The summed E-state index contributed by atoms with van der Waals surface area (Å²) < 4.78 is 23.2. The van der Waals surface area contributed by atoms with Crippen molar-refractivity contribution in [1.82, 2.24) is 0 Å². The molecule has 1 aromatic carbocycles. The van der Waals surface area contributed by atoms with Gasteiger partial charge in [0.15, 0.2) is 15.6 Å². The average molecular weight is 308 g/mol. The molecule has 21 heavy (non-hydrogen) atoms. The normalized spacial score (nSPS) is 21.1. The van der Waals surface area contributed by atoms with E-state index >= 15 is 0 Å². The maximum atomic E-state index is 12.7. The number of carbonyl (C=O) groups excluding carboxylic acids is 1. The first-order chi connectivity index (χ1) is 9.71. The Morgan fingerprint density at radius 1 is 1.14 bits per heavy atom. The molecule has 0 amide bonds. The molecule has 1 aromatic rings.